The molecular weight excluding hydrogens is 380 g/mol. The summed E-state index contributed by atoms with van der Waals surface area (Å²) in [5.41, 5.74) is 2.07. The fraction of sp³-hybridized carbons (Fsp3) is 0.348. The minimum Gasteiger partial charge on any atom is -0.326 e. The SMILES string of the molecule is O=C(CCN1C(=O)[C@H]2CCCC[C@H]2C1=O)Nc1ccc(N=Nc2ccccc2)cc1. The van der Waals surface area contributed by atoms with Crippen molar-refractivity contribution in [2.75, 3.05) is 11.9 Å². The Morgan fingerprint density at radius 1 is 0.867 bits per heavy atom. The first kappa shape index (κ1) is 19.9. The number of benzene rings is 2. The average molecular weight is 404 g/mol. The Hall–Kier alpha value is -3.35. The van der Waals surface area contributed by atoms with Gasteiger partial charge < -0.3 is 5.32 Å². The molecule has 0 radical (unpaired) electrons. The second kappa shape index (κ2) is 8.98. The van der Waals surface area contributed by atoms with E-state index in [0.717, 1.165) is 31.4 Å². The summed E-state index contributed by atoms with van der Waals surface area (Å²) in [5.74, 6) is -0.792. The number of anilines is 1. The van der Waals surface area contributed by atoms with E-state index in [2.05, 4.69) is 15.5 Å². The van der Waals surface area contributed by atoms with Gasteiger partial charge in [0.05, 0.1) is 23.2 Å². The predicted molar refractivity (Wildman–Crippen MR) is 112 cm³/mol. The van der Waals surface area contributed by atoms with E-state index >= 15 is 0 Å². The van der Waals surface area contributed by atoms with Gasteiger partial charge in [0.15, 0.2) is 0 Å². The number of nitrogens with zero attached hydrogens (tertiary/aromatic N) is 3. The fourth-order valence-corrected chi connectivity index (χ4v) is 4.11. The summed E-state index contributed by atoms with van der Waals surface area (Å²) in [6.07, 6.45) is 3.65. The second-order valence-electron chi connectivity index (χ2n) is 7.71. The molecule has 1 aliphatic heterocycles. The summed E-state index contributed by atoms with van der Waals surface area (Å²) in [4.78, 5) is 38.5. The molecule has 3 amide bonds. The highest BCUT2D eigenvalue weighted by Gasteiger charge is 2.47. The topological polar surface area (TPSA) is 91.2 Å². The molecule has 2 atom stereocenters. The van der Waals surface area contributed by atoms with Crippen LogP contribution in [0.5, 0.6) is 0 Å². The largest absolute Gasteiger partial charge is 0.326 e. The molecule has 154 valence electrons. The van der Waals surface area contributed by atoms with Crippen molar-refractivity contribution in [2.24, 2.45) is 22.1 Å². The first-order chi connectivity index (χ1) is 14.6. The zero-order valence-electron chi connectivity index (χ0n) is 16.7. The number of amides is 3. The molecule has 2 aromatic rings. The van der Waals surface area contributed by atoms with Crippen LogP contribution in [-0.2, 0) is 14.4 Å². The van der Waals surface area contributed by atoms with Crippen LogP contribution in [0.2, 0.25) is 0 Å². The van der Waals surface area contributed by atoms with Crippen LogP contribution in [0.1, 0.15) is 32.1 Å². The van der Waals surface area contributed by atoms with Gasteiger partial charge in [-0.05, 0) is 49.2 Å². The number of nitrogens with one attached hydrogen (secondary N) is 1. The number of imide groups is 1. The monoisotopic (exact) mass is 404 g/mol. The molecule has 30 heavy (non-hydrogen) atoms. The second-order valence-corrected chi connectivity index (χ2v) is 7.71. The maximum absolute atomic E-state index is 12.5. The van der Waals surface area contributed by atoms with E-state index in [9.17, 15) is 14.4 Å². The van der Waals surface area contributed by atoms with Crippen LogP contribution >= 0.6 is 0 Å². The van der Waals surface area contributed by atoms with Gasteiger partial charge in [-0.25, -0.2) is 0 Å². The third kappa shape index (κ3) is 4.45. The van der Waals surface area contributed by atoms with Crippen LogP contribution in [0, 0.1) is 11.8 Å². The fourth-order valence-electron chi connectivity index (χ4n) is 4.11. The molecule has 7 nitrogen and oxygen atoms in total. The summed E-state index contributed by atoms with van der Waals surface area (Å²) in [5, 5.41) is 11.1. The van der Waals surface area contributed by atoms with Gasteiger partial charge in [-0.3, -0.25) is 19.3 Å². The highest BCUT2D eigenvalue weighted by Crippen LogP contribution is 2.38. The van der Waals surface area contributed by atoms with Crippen molar-refractivity contribution < 1.29 is 14.4 Å². The number of hydrogen-bond acceptors (Lipinski definition) is 5. The number of rotatable bonds is 6. The molecule has 2 fully saturated rings. The van der Waals surface area contributed by atoms with Gasteiger partial charge in [-0.15, -0.1) is 0 Å². The number of fused-ring (bicyclic) bond motifs is 1. The number of carbonyl (C=O) groups is 3. The zero-order chi connectivity index (χ0) is 20.9. The average Bonchev–Trinajstić information content (AvgIpc) is 3.02. The number of likely N-dealkylation sites (tertiary alicyclic amines) is 1. The van der Waals surface area contributed by atoms with Crippen molar-refractivity contribution in [1.29, 1.82) is 0 Å². The van der Waals surface area contributed by atoms with E-state index in [-0.39, 0.29) is 42.5 Å². The molecule has 1 saturated carbocycles. The van der Waals surface area contributed by atoms with Crippen LogP contribution in [0.25, 0.3) is 0 Å². The summed E-state index contributed by atoms with van der Waals surface area (Å²) < 4.78 is 0. The van der Waals surface area contributed by atoms with Gasteiger partial charge in [0.2, 0.25) is 17.7 Å². The molecule has 7 heteroatoms. The maximum Gasteiger partial charge on any atom is 0.233 e. The summed E-state index contributed by atoms with van der Waals surface area (Å²) in [7, 11) is 0. The van der Waals surface area contributed by atoms with E-state index in [4.69, 9.17) is 0 Å². The van der Waals surface area contributed by atoms with Crippen molar-refractivity contribution in [3.05, 3.63) is 54.6 Å². The third-order valence-corrected chi connectivity index (χ3v) is 5.68. The van der Waals surface area contributed by atoms with E-state index in [1.165, 1.54) is 4.90 Å². The Morgan fingerprint density at radius 3 is 2.03 bits per heavy atom. The lowest BCUT2D eigenvalue weighted by Crippen LogP contribution is -2.34. The van der Waals surface area contributed by atoms with Gasteiger partial charge in [-0.1, -0.05) is 31.0 Å². The lowest BCUT2D eigenvalue weighted by atomic mass is 9.81. The van der Waals surface area contributed by atoms with Crippen molar-refractivity contribution in [3.63, 3.8) is 0 Å². The summed E-state index contributed by atoms with van der Waals surface area (Å²) in [6.45, 7) is 0.139. The van der Waals surface area contributed by atoms with Crippen LogP contribution in [0.15, 0.2) is 64.8 Å². The molecule has 4 rings (SSSR count). The summed E-state index contributed by atoms with van der Waals surface area (Å²) >= 11 is 0. The maximum atomic E-state index is 12.5. The summed E-state index contributed by atoms with van der Waals surface area (Å²) in [6, 6.07) is 16.5. The number of hydrogen-bond donors (Lipinski definition) is 1. The molecular formula is C23H24N4O3. The Kier molecular flexibility index (Phi) is 5.97. The lowest BCUT2D eigenvalue weighted by molar-refractivity contribution is -0.140. The Morgan fingerprint density at radius 2 is 1.43 bits per heavy atom. The number of carbonyl (C=O) groups excluding carboxylic acids is 3. The van der Waals surface area contributed by atoms with Crippen LogP contribution < -0.4 is 5.32 Å². The first-order valence-corrected chi connectivity index (χ1v) is 10.3. The molecule has 0 bridgehead atoms. The van der Waals surface area contributed by atoms with Crippen molar-refractivity contribution >= 4 is 34.8 Å². The number of azo groups is 1. The Balaban J connectivity index is 1.28. The molecule has 2 aromatic carbocycles. The highest BCUT2D eigenvalue weighted by atomic mass is 16.2. The molecule has 1 saturated heterocycles. The van der Waals surface area contributed by atoms with Gasteiger partial charge in [-0.2, -0.15) is 10.2 Å². The van der Waals surface area contributed by atoms with Crippen molar-refractivity contribution in [1.82, 2.24) is 4.90 Å². The third-order valence-electron chi connectivity index (χ3n) is 5.68. The van der Waals surface area contributed by atoms with Crippen molar-refractivity contribution in [3.8, 4) is 0 Å². The molecule has 1 heterocycles. The predicted octanol–water partition coefficient (Wildman–Crippen LogP) is 4.61. The quantitative estimate of drug-likeness (QED) is 0.563. The van der Waals surface area contributed by atoms with Crippen LogP contribution in [0.3, 0.4) is 0 Å². The van der Waals surface area contributed by atoms with Crippen molar-refractivity contribution in [2.45, 2.75) is 32.1 Å². The molecule has 0 aromatic heterocycles. The van der Waals surface area contributed by atoms with E-state index in [1.807, 2.05) is 30.3 Å². The first-order valence-electron chi connectivity index (χ1n) is 10.3. The normalized spacial score (nSPS) is 21.1. The highest BCUT2D eigenvalue weighted by molar-refractivity contribution is 6.05. The molecule has 1 aliphatic carbocycles. The molecule has 0 spiro atoms. The van der Waals surface area contributed by atoms with E-state index in [0.29, 0.717) is 11.4 Å². The van der Waals surface area contributed by atoms with Gasteiger partial charge >= 0.3 is 0 Å². The van der Waals surface area contributed by atoms with Crippen LogP contribution in [0.4, 0.5) is 17.1 Å². The molecule has 0 unspecified atom stereocenters. The zero-order valence-corrected chi connectivity index (χ0v) is 16.7. The molecule has 1 N–H and O–H groups in total. The van der Waals surface area contributed by atoms with E-state index in [1.54, 1.807) is 24.3 Å². The van der Waals surface area contributed by atoms with Gasteiger partial charge in [0.25, 0.3) is 0 Å². The van der Waals surface area contributed by atoms with Crippen LogP contribution in [-0.4, -0.2) is 29.2 Å². The minimum atomic E-state index is -0.232. The van der Waals surface area contributed by atoms with Gasteiger partial charge in [0, 0.05) is 18.7 Å². The van der Waals surface area contributed by atoms with Gasteiger partial charge in [0.1, 0.15) is 0 Å². The standard InChI is InChI=1S/C23H24N4O3/c28-21(14-15-27-22(29)19-8-4-5-9-20(19)23(27)30)24-16-10-12-18(13-11-16)26-25-17-6-2-1-3-7-17/h1-3,6-7,10-13,19-20H,4-5,8-9,14-15H2,(H,24,28)/t19-,20+. The lowest BCUT2D eigenvalue weighted by Gasteiger charge is -2.19. The smallest absolute Gasteiger partial charge is 0.233 e. The molecule has 2 aliphatic rings. The Bertz CT molecular complexity index is 932. The Labute approximate surface area is 175 Å². The van der Waals surface area contributed by atoms with E-state index < -0.39 is 0 Å². The minimum absolute atomic E-state index is 0.0897.